The van der Waals surface area contributed by atoms with Gasteiger partial charge in [-0.1, -0.05) is 24.3 Å². The maximum Gasteiger partial charge on any atom is 0.171 e. The minimum Gasteiger partial charge on any atom is -0.494 e. The van der Waals surface area contributed by atoms with Gasteiger partial charge in [0.25, 0.3) is 0 Å². The van der Waals surface area contributed by atoms with Crippen molar-refractivity contribution in [3.63, 3.8) is 0 Å². The molecule has 0 spiro atoms. The highest BCUT2D eigenvalue weighted by molar-refractivity contribution is 5.32. The minimum atomic E-state index is -0.514. The summed E-state index contributed by atoms with van der Waals surface area (Å²) in [5.41, 5.74) is 1.24. The van der Waals surface area contributed by atoms with E-state index in [0.717, 1.165) is 5.56 Å². The molecule has 0 saturated heterocycles. The number of benzene rings is 2. The molecule has 0 heterocycles. The van der Waals surface area contributed by atoms with Gasteiger partial charge in [-0.2, -0.15) is 0 Å². The van der Waals surface area contributed by atoms with Gasteiger partial charge in [-0.25, -0.2) is 4.39 Å². The van der Waals surface area contributed by atoms with Crippen LogP contribution in [0.2, 0.25) is 0 Å². The Labute approximate surface area is 117 Å². The number of halogens is 1. The number of ether oxygens (including phenoxy) is 2. The van der Waals surface area contributed by atoms with Crippen molar-refractivity contribution in [1.29, 1.82) is 0 Å². The number of hydrogen-bond acceptors (Lipinski definition) is 3. The van der Waals surface area contributed by atoms with Crippen LogP contribution in [0, 0.1) is 5.82 Å². The first-order chi connectivity index (χ1) is 9.61. The molecule has 0 aliphatic carbocycles. The molecule has 0 amide bonds. The molecule has 1 N–H and O–H groups in total. The molecular formula is C16H17FO3. The van der Waals surface area contributed by atoms with Crippen LogP contribution in [0.15, 0.2) is 42.5 Å². The molecule has 0 aromatic heterocycles. The van der Waals surface area contributed by atoms with E-state index in [1.54, 1.807) is 49.4 Å². The van der Waals surface area contributed by atoms with Gasteiger partial charge in [-0.15, -0.1) is 0 Å². The fourth-order valence-corrected chi connectivity index (χ4v) is 1.83. The van der Waals surface area contributed by atoms with Gasteiger partial charge in [0.1, 0.15) is 12.4 Å². The summed E-state index contributed by atoms with van der Waals surface area (Å²) in [4.78, 5) is 0. The molecule has 1 atom stereocenters. The Morgan fingerprint density at radius 3 is 2.45 bits per heavy atom. The van der Waals surface area contributed by atoms with Crippen molar-refractivity contribution in [3.8, 4) is 11.5 Å². The van der Waals surface area contributed by atoms with Crippen LogP contribution < -0.4 is 9.47 Å². The van der Waals surface area contributed by atoms with Crippen molar-refractivity contribution in [2.45, 2.75) is 19.6 Å². The van der Waals surface area contributed by atoms with E-state index in [9.17, 15) is 9.50 Å². The third-order valence-corrected chi connectivity index (χ3v) is 3.02. The van der Waals surface area contributed by atoms with Crippen LogP contribution in [0.4, 0.5) is 4.39 Å². The van der Waals surface area contributed by atoms with Gasteiger partial charge < -0.3 is 14.6 Å². The van der Waals surface area contributed by atoms with Crippen LogP contribution in [0.5, 0.6) is 11.5 Å². The van der Waals surface area contributed by atoms with Crippen molar-refractivity contribution in [2.24, 2.45) is 0 Å². The number of hydrogen-bond donors (Lipinski definition) is 1. The lowest BCUT2D eigenvalue weighted by molar-refractivity contribution is 0.199. The van der Waals surface area contributed by atoms with Crippen molar-refractivity contribution >= 4 is 0 Å². The van der Waals surface area contributed by atoms with E-state index < -0.39 is 11.9 Å². The lowest BCUT2D eigenvalue weighted by Gasteiger charge is -2.10. The molecule has 2 aromatic rings. The highest BCUT2D eigenvalue weighted by atomic mass is 19.1. The van der Waals surface area contributed by atoms with Gasteiger partial charge in [0.2, 0.25) is 0 Å². The van der Waals surface area contributed by atoms with Crippen LogP contribution in [0.3, 0.4) is 0 Å². The summed E-state index contributed by atoms with van der Waals surface area (Å²) in [5, 5.41) is 9.41. The molecule has 3 nitrogen and oxygen atoms in total. The number of aliphatic hydroxyl groups excluding tert-OH is 1. The molecule has 2 aromatic carbocycles. The smallest absolute Gasteiger partial charge is 0.171 e. The largest absolute Gasteiger partial charge is 0.494 e. The first-order valence-electron chi connectivity index (χ1n) is 6.34. The monoisotopic (exact) mass is 276 g/mol. The third kappa shape index (κ3) is 3.27. The van der Waals surface area contributed by atoms with Gasteiger partial charge in [0.15, 0.2) is 11.6 Å². The average molecular weight is 276 g/mol. The van der Waals surface area contributed by atoms with Gasteiger partial charge in [-0.3, -0.25) is 0 Å². The maximum absolute atomic E-state index is 13.9. The average Bonchev–Trinajstić information content (AvgIpc) is 2.46. The Bertz CT molecular complexity index is 564. The summed E-state index contributed by atoms with van der Waals surface area (Å²) in [6.45, 7) is 1.82. The number of rotatable bonds is 5. The molecule has 106 valence electrons. The van der Waals surface area contributed by atoms with E-state index in [4.69, 9.17) is 9.47 Å². The van der Waals surface area contributed by atoms with Crippen LogP contribution in [0.25, 0.3) is 0 Å². The maximum atomic E-state index is 13.9. The molecule has 0 radical (unpaired) electrons. The highest BCUT2D eigenvalue weighted by Crippen LogP contribution is 2.22. The predicted octanol–water partition coefficient (Wildman–Crippen LogP) is 3.47. The Kier molecular flexibility index (Phi) is 4.58. The zero-order valence-electron chi connectivity index (χ0n) is 11.5. The van der Waals surface area contributed by atoms with E-state index in [1.165, 1.54) is 7.11 Å². The van der Waals surface area contributed by atoms with Crippen LogP contribution >= 0.6 is 0 Å². The summed E-state index contributed by atoms with van der Waals surface area (Å²) < 4.78 is 24.4. The Morgan fingerprint density at radius 2 is 1.85 bits per heavy atom. The van der Waals surface area contributed by atoms with E-state index in [-0.39, 0.29) is 12.4 Å². The van der Waals surface area contributed by atoms with Crippen molar-refractivity contribution in [1.82, 2.24) is 0 Å². The first kappa shape index (κ1) is 14.3. The Balaban J connectivity index is 2.05. The second-order valence-corrected chi connectivity index (χ2v) is 4.47. The zero-order chi connectivity index (χ0) is 14.5. The lowest BCUT2D eigenvalue weighted by atomic mass is 10.1. The Hall–Kier alpha value is -2.07. The van der Waals surface area contributed by atoms with Crippen LogP contribution in [-0.4, -0.2) is 12.2 Å². The van der Waals surface area contributed by atoms with E-state index in [2.05, 4.69) is 0 Å². The topological polar surface area (TPSA) is 38.7 Å². The SMILES string of the molecule is COc1cccc(COc2ccc([C@H](C)O)cc2)c1F. The fourth-order valence-electron chi connectivity index (χ4n) is 1.83. The van der Waals surface area contributed by atoms with Gasteiger partial charge >= 0.3 is 0 Å². The van der Waals surface area contributed by atoms with Gasteiger partial charge in [0.05, 0.1) is 13.2 Å². The quantitative estimate of drug-likeness (QED) is 0.908. The van der Waals surface area contributed by atoms with Crippen LogP contribution in [-0.2, 0) is 6.61 Å². The summed E-state index contributed by atoms with van der Waals surface area (Å²) in [6.07, 6.45) is -0.514. The van der Waals surface area contributed by atoms with Gasteiger partial charge in [-0.05, 0) is 30.7 Å². The van der Waals surface area contributed by atoms with E-state index >= 15 is 0 Å². The molecular weight excluding hydrogens is 259 g/mol. The standard InChI is InChI=1S/C16H17FO3/c1-11(18)12-6-8-14(9-7-12)20-10-13-4-3-5-15(19-2)16(13)17/h3-9,11,18H,10H2,1-2H3/t11-/m0/s1. The molecule has 0 fully saturated rings. The lowest BCUT2D eigenvalue weighted by Crippen LogP contribution is -2.00. The fraction of sp³-hybridized carbons (Fsp3) is 0.250. The minimum absolute atomic E-state index is 0.122. The van der Waals surface area contributed by atoms with Crippen molar-refractivity contribution in [2.75, 3.05) is 7.11 Å². The van der Waals surface area contributed by atoms with Crippen molar-refractivity contribution in [3.05, 3.63) is 59.4 Å². The zero-order valence-corrected chi connectivity index (χ0v) is 11.5. The molecule has 20 heavy (non-hydrogen) atoms. The second kappa shape index (κ2) is 6.39. The molecule has 0 aliphatic heterocycles. The normalized spacial score (nSPS) is 12.0. The number of aliphatic hydroxyl groups is 1. The summed E-state index contributed by atoms with van der Waals surface area (Å²) >= 11 is 0. The Morgan fingerprint density at radius 1 is 1.15 bits per heavy atom. The van der Waals surface area contributed by atoms with Crippen molar-refractivity contribution < 1.29 is 19.0 Å². The predicted molar refractivity (Wildman–Crippen MR) is 74.4 cm³/mol. The summed E-state index contributed by atoms with van der Waals surface area (Å²) in [7, 11) is 1.43. The third-order valence-electron chi connectivity index (χ3n) is 3.02. The second-order valence-electron chi connectivity index (χ2n) is 4.47. The molecule has 0 bridgehead atoms. The molecule has 0 unspecified atom stereocenters. The number of methoxy groups -OCH3 is 1. The molecule has 2 rings (SSSR count). The van der Waals surface area contributed by atoms with Gasteiger partial charge in [0, 0.05) is 5.56 Å². The van der Waals surface area contributed by atoms with E-state index in [0.29, 0.717) is 11.3 Å². The summed E-state index contributed by atoms with van der Waals surface area (Å²) in [5.74, 6) is 0.419. The highest BCUT2D eigenvalue weighted by Gasteiger charge is 2.09. The van der Waals surface area contributed by atoms with E-state index in [1.807, 2.05) is 0 Å². The summed E-state index contributed by atoms with van der Waals surface area (Å²) in [6, 6.07) is 12.0. The first-order valence-corrected chi connectivity index (χ1v) is 6.34. The molecule has 4 heteroatoms. The molecule has 0 aliphatic rings. The van der Waals surface area contributed by atoms with Crippen LogP contribution in [0.1, 0.15) is 24.2 Å². The molecule has 0 saturated carbocycles.